The van der Waals surface area contributed by atoms with E-state index in [-0.39, 0.29) is 6.04 Å². The maximum Gasteiger partial charge on any atom is 0.214 e. The first-order chi connectivity index (χ1) is 9.40. The minimum absolute atomic E-state index is 0.0509. The Morgan fingerprint density at radius 2 is 2.25 bits per heavy atom. The van der Waals surface area contributed by atoms with Crippen LogP contribution in [0.3, 0.4) is 0 Å². The number of hydrogen-bond acceptors (Lipinski definition) is 4. The Morgan fingerprint density at radius 3 is 2.90 bits per heavy atom. The van der Waals surface area contributed by atoms with Gasteiger partial charge in [-0.15, -0.1) is 0 Å². The maximum atomic E-state index is 12.0. The first-order valence-corrected chi connectivity index (χ1v) is 9.10. The highest BCUT2D eigenvalue weighted by molar-refractivity contribution is 9.10. The van der Waals surface area contributed by atoms with Gasteiger partial charge in [0, 0.05) is 25.3 Å². The van der Waals surface area contributed by atoms with Crippen molar-refractivity contribution < 1.29 is 8.42 Å². The van der Waals surface area contributed by atoms with Crippen LogP contribution in [0.15, 0.2) is 22.8 Å². The van der Waals surface area contributed by atoms with E-state index in [1.165, 1.54) is 0 Å². The van der Waals surface area contributed by atoms with Crippen LogP contribution in [0.1, 0.15) is 26.7 Å². The molecule has 1 unspecified atom stereocenters. The molecule has 0 bridgehead atoms. The van der Waals surface area contributed by atoms with Crippen molar-refractivity contribution in [2.45, 2.75) is 38.0 Å². The zero-order chi connectivity index (χ0) is 14.8. The van der Waals surface area contributed by atoms with Gasteiger partial charge in [-0.25, -0.2) is 18.1 Å². The lowest BCUT2D eigenvalue weighted by molar-refractivity contribution is 0.461. The summed E-state index contributed by atoms with van der Waals surface area (Å²) in [5.41, 5.74) is 0. The smallest absolute Gasteiger partial charge is 0.214 e. The second kappa shape index (κ2) is 6.41. The van der Waals surface area contributed by atoms with Crippen molar-refractivity contribution in [3.05, 3.63) is 22.8 Å². The molecular formula is C13H20BrN3O2S. The zero-order valence-electron chi connectivity index (χ0n) is 11.7. The fourth-order valence-corrected chi connectivity index (χ4v) is 3.68. The average Bonchev–Trinajstić information content (AvgIpc) is 2.39. The normalized spacial score (nSPS) is 20.4. The average molecular weight is 362 g/mol. The first kappa shape index (κ1) is 15.7. The molecule has 1 fully saturated rings. The molecule has 112 valence electrons. The molecule has 0 spiro atoms. The van der Waals surface area contributed by atoms with Crippen LogP contribution in [-0.2, 0) is 10.0 Å². The number of halogens is 1. The van der Waals surface area contributed by atoms with E-state index in [0.717, 1.165) is 29.7 Å². The Balaban J connectivity index is 2.08. The maximum absolute atomic E-state index is 12.0. The molecule has 1 aliphatic heterocycles. The number of anilines is 1. The summed E-state index contributed by atoms with van der Waals surface area (Å²) in [5, 5.41) is -0.403. The molecule has 0 radical (unpaired) electrons. The summed E-state index contributed by atoms with van der Waals surface area (Å²) < 4.78 is 27.6. The van der Waals surface area contributed by atoms with Gasteiger partial charge in [0.2, 0.25) is 10.0 Å². The molecule has 1 saturated heterocycles. The van der Waals surface area contributed by atoms with Crippen LogP contribution in [0.25, 0.3) is 0 Å². The molecule has 0 amide bonds. The lowest BCUT2D eigenvalue weighted by atomic mass is 10.1. The van der Waals surface area contributed by atoms with Crippen LogP contribution in [0.2, 0.25) is 0 Å². The van der Waals surface area contributed by atoms with Crippen molar-refractivity contribution >= 4 is 31.8 Å². The number of nitrogens with one attached hydrogen (secondary N) is 1. The highest BCUT2D eigenvalue weighted by Crippen LogP contribution is 2.26. The van der Waals surface area contributed by atoms with E-state index < -0.39 is 15.3 Å². The van der Waals surface area contributed by atoms with E-state index in [2.05, 4.69) is 30.5 Å². The molecule has 5 nitrogen and oxygen atoms in total. The monoisotopic (exact) mass is 361 g/mol. The molecular weight excluding hydrogens is 342 g/mol. The summed E-state index contributed by atoms with van der Waals surface area (Å²) in [7, 11) is -3.22. The van der Waals surface area contributed by atoms with E-state index in [1.807, 2.05) is 12.1 Å². The third-order valence-corrected chi connectivity index (χ3v) is 5.93. The summed E-state index contributed by atoms with van der Waals surface area (Å²) in [6, 6.07) is 3.77. The number of hydrogen-bond donors (Lipinski definition) is 1. The third kappa shape index (κ3) is 3.71. The van der Waals surface area contributed by atoms with Gasteiger partial charge in [-0.05, 0) is 54.8 Å². The van der Waals surface area contributed by atoms with E-state index >= 15 is 0 Å². The van der Waals surface area contributed by atoms with Crippen molar-refractivity contribution in [2.24, 2.45) is 0 Å². The van der Waals surface area contributed by atoms with Crippen molar-refractivity contribution in [3.8, 4) is 0 Å². The van der Waals surface area contributed by atoms with Crippen LogP contribution in [0.5, 0.6) is 0 Å². The molecule has 0 saturated carbocycles. The largest absolute Gasteiger partial charge is 0.354 e. The van der Waals surface area contributed by atoms with Gasteiger partial charge >= 0.3 is 0 Å². The number of rotatable bonds is 4. The summed E-state index contributed by atoms with van der Waals surface area (Å²) in [4.78, 5) is 6.50. The molecule has 1 aromatic heterocycles. The van der Waals surface area contributed by atoms with Gasteiger partial charge in [-0.3, -0.25) is 0 Å². The Morgan fingerprint density at radius 1 is 1.50 bits per heavy atom. The molecule has 20 heavy (non-hydrogen) atoms. The number of piperidine rings is 1. The lowest BCUT2D eigenvalue weighted by Gasteiger charge is -2.34. The summed E-state index contributed by atoms with van der Waals surface area (Å²) in [6.45, 7) is 4.94. The number of sulfonamides is 1. The number of nitrogens with zero attached hydrogens (tertiary/aromatic N) is 2. The summed E-state index contributed by atoms with van der Waals surface area (Å²) in [6.07, 6.45) is 3.57. The first-order valence-electron chi connectivity index (χ1n) is 6.77. The van der Waals surface area contributed by atoms with Crippen molar-refractivity contribution in [1.29, 1.82) is 0 Å². The lowest BCUT2D eigenvalue weighted by Crippen LogP contribution is -2.49. The number of pyridine rings is 1. The van der Waals surface area contributed by atoms with Gasteiger partial charge in [0.05, 0.1) is 9.72 Å². The molecule has 0 aliphatic carbocycles. The molecule has 1 atom stereocenters. The molecule has 7 heteroatoms. The van der Waals surface area contributed by atoms with E-state index in [1.54, 1.807) is 20.0 Å². The van der Waals surface area contributed by atoms with Crippen molar-refractivity contribution in [1.82, 2.24) is 9.71 Å². The Bertz CT molecular complexity index is 562. The van der Waals surface area contributed by atoms with Crippen LogP contribution in [-0.4, -0.2) is 37.8 Å². The molecule has 2 heterocycles. The predicted molar refractivity (Wildman–Crippen MR) is 84.4 cm³/mol. The molecule has 1 aliphatic rings. The van der Waals surface area contributed by atoms with Crippen LogP contribution in [0.4, 0.5) is 5.82 Å². The second-order valence-corrected chi connectivity index (χ2v) is 8.43. The van der Waals surface area contributed by atoms with Gasteiger partial charge in [0.25, 0.3) is 0 Å². The van der Waals surface area contributed by atoms with Gasteiger partial charge in [-0.2, -0.15) is 0 Å². The fraction of sp³-hybridized carbons (Fsp3) is 0.615. The van der Waals surface area contributed by atoms with Gasteiger partial charge in [0.1, 0.15) is 5.82 Å². The van der Waals surface area contributed by atoms with Crippen molar-refractivity contribution in [2.75, 3.05) is 18.0 Å². The fourth-order valence-electron chi connectivity index (χ4n) is 2.24. The van der Waals surface area contributed by atoms with Gasteiger partial charge in [-0.1, -0.05) is 0 Å². The number of aromatic nitrogens is 1. The van der Waals surface area contributed by atoms with E-state index in [9.17, 15) is 8.42 Å². The van der Waals surface area contributed by atoms with Crippen molar-refractivity contribution in [3.63, 3.8) is 0 Å². The molecule has 2 rings (SSSR count). The minimum Gasteiger partial charge on any atom is -0.354 e. The SMILES string of the molecule is CC(C)S(=O)(=O)NC1CCCN(c2ncccc2Br)C1. The minimum atomic E-state index is -3.22. The van der Waals surface area contributed by atoms with Crippen LogP contribution >= 0.6 is 15.9 Å². The second-order valence-electron chi connectivity index (χ2n) is 5.31. The summed E-state index contributed by atoms with van der Waals surface area (Å²) >= 11 is 3.49. The van der Waals surface area contributed by atoms with Crippen LogP contribution in [0, 0.1) is 0 Å². The van der Waals surface area contributed by atoms with E-state index in [4.69, 9.17) is 0 Å². The topological polar surface area (TPSA) is 62.3 Å². The van der Waals surface area contributed by atoms with Crippen LogP contribution < -0.4 is 9.62 Å². The van der Waals surface area contributed by atoms with E-state index in [0.29, 0.717) is 6.54 Å². The quantitative estimate of drug-likeness (QED) is 0.892. The Kier molecular flexibility index (Phi) is 5.04. The Labute approximate surface area is 129 Å². The Hall–Kier alpha value is -0.660. The molecule has 1 aromatic rings. The van der Waals surface area contributed by atoms with Gasteiger partial charge < -0.3 is 4.90 Å². The standard InChI is InChI=1S/C13H20BrN3O2S/c1-10(2)20(18,19)16-11-5-4-8-17(9-11)13-12(14)6-3-7-15-13/h3,6-7,10-11,16H,4-5,8-9H2,1-2H3. The third-order valence-electron chi connectivity index (χ3n) is 3.41. The molecule has 0 aromatic carbocycles. The highest BCUT2D eigenvalue weighted by atomic mass is 79.9. The molecule has 1 N–H and O–H groups in total. The van der Waals surface area contributed by atoms with Gasteiger partial charge in [0.15, 0.2) is 0 Å². The predicted octanol–water partition coefficient (Wildman–Crippen LogP) is 2.14. The summed E-state index contributed by atoms with van der Waals surface area (Å²) in [5.74, 6) is 0.876. The highest BCUT2D eigenvalue weighted by Gasteiger charge is 2.27. The zero-order valence-corrected chi connectivity index (χ0v) is 14.1.